The molecule has 74 valence electrons. The highest BCUT2D eigenvalue weighted by molar-refractivity contribution is 8.13. The minimum Gasteiger partial charge on any atom is -0.212 e. The fourth-order valence-electron chi connectivity index (χ4n) is 0.600. The molecule has 0 unspecified atom stereocenters. The molecule has 0 radical (unpaired) electrons. The second-order valence-corrected chi connectivity index (χ2v) is 5.21. The van der Waals surface area contributed by atoms with Gasteiger partial charge >= 0.3 is 6.18 Å². The average Bonchev–Trinajstić information content (AvgIpc) is 1.76. The highest BCUT2D eigenvalue weighted by Gasteiger charge is 2.26. The van der Waals surface area contributed by atoms with E-state index in [9.17, 15) is 21.6 Å². The van der Waals surface area contributed by atoms with Gasteiger partial charge in [0.25, 0.3) is 0 Å². The molecule has 0 spiro atoms. The van der Waals surface area contributed by atoms with Crippen molar-refractivity contribution in [2.45, 2.75) is 25.4 Å². The summed E-state index contributed by atoms with van der Waals surface area (Å²) in [7, 11) is 1.14. The van der Waals surface area contributed by atoms with Gasteiger partial charge in [-0.05, 0) is 12.8 Å². The predicted octanol–water partition coefficient (Wildman–Crippen LogP) is 2.29. The van der Waals surface area contributed by atoms with Gasteiger partial charge in [-0.15, -0.1) is 0 Å². The van der Waals surface area contributed by atoms with E-state index in [4.69, 9.17) is 10.7 Å². The lowest BCUT2D eigenvalue weighted by Crippen LogP contribution is -2.07. The van der Waals surface area contributed by atoms with Crippen LogP contribution in [0.2, 0.25) is 0 Å². The number of rotatable bonds is 4. The van der Waals surface area contributed by atoms with Crippen LogP contribution in [0.4, 0.5) is 13.2 Å². The molecular formula is C5H8ClF3O2S. The SMILES string of the molecule is O=S(=O)(Cl)CCCCC(F)(F)F. The first-order valence-electron chi connectivity index (χ1n) is 3.20. The van der Waals surface area contributed by atoms with Crippen molar-refractivity contribution in [2.75, 3.05) is 5.75 Å². The number of unbranched alkanes of at least 4 members (excludes halogenated alkanes) is 1. The third-order valence-corrected chi connectivity index (χ3v) is 2.34. The van der Waals surface area contributed by atoms with Gasteiger partial charge < -0.3 is 0 Å². The van der Waals surface area contributed by atoms with Crippen LogP contribution in [-0.4, -0.2) is 20.3 Å². The van der Waals surface area contributed by atoms with E-state index in [2.05, 4.69) is 0 Å². The molecule has 0 saturated carbocycles. The van der Waals surface area contributed by atoms with E-state index in [1.165, 1.54) is 0 Å². The molecule has 0 saturated heterocycles. The number of halogens is 4. The molecule has 0 aromatic rings. The molecule has 0 aliphatic heterocycles. The van der Waals surface area contributed by atoms with E-state index in [1.54, 1.807) is 0 Å². The van der Waals surface area contributed by atoms with E-state index in [0.29, 0.717) is 0 Å². The maximum atomic E-state index is 11.5. The van der Waals surface area contributed by atoms with Gasteiger partial charge in [0.05, 0.1) is 5.75 Å². The Labute approximate surface area is 73.1 Å². The third-order valence-electron chi connectivity index (χ3n) is 1.10. The Kier molecular flexibility index (Phi) is 4.33. The lowest BCUT2D eigenvalue weighted by molar-refractivity contribution is -0.135. The number of alkyl halides is 3. The summed E-state index contributed by atoms with van der Waals surface area (Å²) < 4.78 is 55.0. The van der Waals surface area contributed by atoms with E-state index in [0.717, 1.165) is 0 Å². The second kappa shape index (κ2) is 4.32. The van der Waals surface area contributed by atoms with Crippen LogP contribution < -0.4 is 0 Å². The summed E-state index contributed by atoms with van der Waals surface area (Å²) in [5.74, 6) is -0.398. The van der Waals surface area contributed by atoms with Crippen LogP contribution in [0, 0.1) is 0 Å². The van der Waals surface area contributed by atoms with E-state index < -0.39 is 27.4 Å². The summed E-state index contributed by atoms with van der Waals surface area (Å²) in [6, 6.07) is 0. The van der Waals surface area contributed by atoms with Crippen LogP contribution in [0.15, 0.2) is 0 Å². The maximum Gasteiger partial charge on any atom is 0.389 e. The van der Waals surface area contributed by atoms with Gasteiger partial charge in [0, 0.05) is 17.1 Å². The first kappa shape index (κ1) is 12.0. The smallest absolute Gasteiger partial charge is 0.212 e. The van der Waals surface area contributed by atoms with Crippen LogP contribution in [0.1, 0.15) is 19.3 Å². The van der Waals surface area contributed by atoms with Crippen molar-refractivity contribution in [3.05, 3.63) is 0 Å². The third kappa shape index (κ3) is 10.0. The number of hydrogen-bond acceptors (Lipinski definition) is 2. The fraction of sp³-hybridized carbons (Fsp3) is 1.00. The Balaban J connectivity index is 3.48. The van der Waals surface area contributed by atoms with Gasteiger partial charge in [-0.2, -0.15) is 13.2 Å². The summed E-state index contributed by atoms with van der Waals surface area (Å²) in [5, 5.41) is 0. The molecule has 0 aliphatic rings. The van der Waals surface area contributed by atoms with Crippen molar-refractivity contribution >= 4 is 19.7 Å². The van der Waals surface area contributed by atoms with E-state index in [1.807, 2.05) is 0 Å². The molecule has 0 N–H and O–H groups in total. The largest absolute Gasteiger partial charge is 0.389 e. The van der Waals surface area contributed by atoms with Crippen LogP contribution in [0.25, 0.3) is 0 Å². The molecule has 0 atom stereocenters. The van der Waals surface area contributed by atoms with Gasteiger partial charge in [0.2, 0.25) is 9.05 Å². The average molecular weight is 225 g/mol. The van der Waals surface area contributed by atoms with Crippen LogP contribution in [-0.2, 0) is 9.05 Å². The second-order valence-electron chi connectivity index (χ2n) is 2.32. The van der Waals surface area contributed by atoms with Crippen molar-refractivity contribution in [3.63, 3.8) is 0 Å². The Bertz CT molecular complexity index is 221. The first-order chi connectivity index (χ1) is 5.21. The molecule has 7 heteroatoms. The van der Waals surface area contributed by atoms with Crippen molar-refractivity contribution in [1.29, 1.82) is 0 Å². The van der Waals surface area contributed by atoms with Crippen molar-refractivity contribution in [1.82, 2.24) is 0 Å². The molecule has 0 aromatic heterocycles. The Hall–Kier alpha value is 0.0300. The van der Waals surface area contributed by atoms with Crippen molar-refractivity contribution in [2.24, 2.45) is 0 Å². The normalized spacial score (nSPS) is 13.3. The molecule has 0 heterocycles. The summed E-state index contributed by atoms with van der Waals surface area (Å²) in [4.78, 5) is 0. The molecule has 0 bridgehead atoms. The topological polar surface area (TPSA) is 34.1 Å². The minimum atomic E-state index is -4.21. The Morgan fingerprint density at radius 1 is 1.17 bits per heavy atom. The lowest BCUT2D eigenvalue weighted by atomic mass is 10.2. The highest BCUT2D eigenvalue weighted by atomic mass is 35.7. The minimum absolute atomic E-state index is 0.0503. The van der Waals surface area contributed by atoms with Gasteiger partial charge in [0.1, 0.15) is 0 Å². The summed E-state index contributed by atoms with van der Waals surface area (Å²) >= 11 is 0. The summed E-state index contributed by atoms with van der Waals surface area (Å²) in [5.41, 5.74) is 0. The van der Waals surface area contributed by atoms with Gasteiger partial charge in [-0.25, -0.2) is 8.42 Å². The molecule has 12 heavy (non-hydrogen) atoms. The Morgan fingerprint density at radius 3 is 2.00 bits per heavy atom. The molecular weight excluding hydrogens is 217 g/mol. The van der Waals surface area contributed by atoms with Gasteiger partial charge in [-0.3, -0.25) is 0 Å². The van der Waals surface area contributed by atoms with Crippen LogP contribution in [0.3, 0.4) is 0 Å². The first-order valence-corrected chi connectivity index (χ1v) is 5.68. The van der Waals surface area contributed by atoms with Crippen LogP contribution >= 0.6 is 10.7 Å². The van der Waals surface area contributed by atoms with E-state index >= 15 is 0 Å². The highest BCUT2D eigenvalue weighted by Crippen LogP contribution is 2.22. The molecule has 0 fully saturated rings. The van der Waals surface area contributed by atoms with Gasteiger partial charge in [0.15, 0.2) is 0 Å². The van der Waals surface area contributed by atoms with Gasteiger partial charge in [-0.1, -0.05) is 0 Å². The lowest BCUT2D eigenvalue weighted by Gasteiger charge is -2.03. The van der Waals surface area contributed by atoms with Crippen molar-refractivity contribution < 1.29 is 21.6 Å². The molecule has 2 nitrogen and oxygen atoms in total. The zero-order valence-corrected chi connectivity index (χ0v) is 7.64. The summed E-state index contributed by atoms with van der Waals surface area (Å²) in [6.07, 6.45) is -5.42. The maximum absolute atomic E-state index is 11.5. The molecule has 0 amide bonds. The van der Waals surface area contributed by atoms with Crippen LogP contribution in [0.5, 0.6) is 0 Å². The summed E-state index contributed by atoms with van der Waals surface area (Å²) in [6.45, 7) is 0. The fourth-order valence-corrected chi connectivity index (χ4v) is 1.48. The predicted molar refractivity (Wildman–Crippen MR) is 39.5 cm³/mol. The molecule has 0 aliphatic carbocycles. The zero-order valence-electron chi connectivity index (χ0n) is 6.07. The Morgan fingerprint density at radius 2 is 1.67 bits per heavy atom. The molecule has 0 aromatic carbocycles. The zero-order chi connectivity index (χ0) is 9.83. The monoisotopic (exact) mass is 224 g/mol. The van der Waals surface area contributed by atoms with Crippen molar-refractivity contribution in [3.8, 4) is 0 Å². The molecule has 0 rings (SSSR count). The van der Waals surface area contributed by atoms with E-state index in [-0.39, 0.29) is 12.8 Å². The quantitative estimate of drug-likeness (QED) is 0.542. The standard InChI is InChI=1S/C5H8ClF3O2S/c6-12(10,11)4-2-1-3-5(7,8)9/h1-4H2. The number of hydrogen-bond donors (Lipinski definition) is 0.